The van der Waals surface area contributed by atoms with Crippen molar-refractivity contribution in [1.82, 2.24) is 4.98 Å². The molecule has 0 spiro atoms. The van der Waals surface area contributed by atoms with Crippen molar-refractivity contribution in [2.24, 2.45) is 23.2 Å². The number of nitrogens with one attached hydrogen (secondary N) is 1. The summed E-state index contributed by atoms with van der Waals surface area (Å²) in [5, 5.41) is 3.65. The van der Waals surface area contributed by atoms with Gasteiger partial charge in [-0.1, -0.05) is 11.3 Å². The molecule has 1 aromatic heterocycles. The Hall–Kier alpha value is -1.95. The zero-order chi connectivity index (χ0) is 20.2. The minimum absolute atomic E-state index is 0.0884. The van der Waals surface area contributed by atoms with Gasteiger partial charge in [0, 0.05) is 6.42 Å². The van der Waals surface area contributed by atoms with Crippen molar-refractivity contribution in [3.05, 3.63) is 23.8 Å². The number of aromatic nitrogens is 1. The Bertz CT molecular complexity index is 929. The van der Waals surface area contributed by atoms with Gasteiger partial charge in [-0.25, -0.2) is 9.78 Å². The van der Waals surface area contributed by atoms with Crippen molar-refractivity contribution >= 4 is 38.6 Å². The van der Waals surface area contributed by atoms with Crippen LogP contribution in [0.1, 0.15) is 69.2 Å². The van der Waals surface area contributed by atoms with Gasteiger partial charge in [-0.3, -0.25) is 4.79 Å². The highest BCUT2D eigenvalue weighted by molar-refractivity contribution is 7.22. The minimum Gasteiger partial charge on any atom is -0.459 e. The van der Waals surface area contributed by atoms with Crippen molar-refractivity contribution in [2.75, 3.05) is 5.32 Å². The smallest absolute Gasteiger partial charge is 0.338 e. The molecule has 4 bridgehead atoms. The van der Waals surface area contributed by atoms with Crippen molar-refractivity contribution in [3.8, 4) is 0 Å². The van der Waals surface area contributed by atoms with E-state index < -0.39 is 0 Å². The number of rotatable bonds is 5. The van der Waals surface area contributed by atoms with Crippen LogP contribution in [0.4, 0.5) is 5.13 Å². The summed E-state index contributed by atoms with van der Waals surface area (Å²) in [5.41, 5.74) is 1.53. The van der Waals surface area contributed by atoms with Gasteiger partial charge in [0.1, 0.15) is 0 Å². The Kier molecular flexibility index (Phi) is 4.65. The van der Waals surface area contributed by atoms with Crippen LogP contribution in [0.15, 0.2) is 18.2 Å². The van der Waals surface area contributed by atoms with Crippen molar-refractivity contribution in [3.63, 3.8) is 0 Å². The maximum atomic E-state index is 12.9. The number of esters is 1. The highest BCUT2D eigenvalue weighted by atomic mass is 32.1. The van der Waals surface area contributed by atoms with Gasteiger partial charge in [0.15, 0.2) is 5.13 Å². The van der Waals surface area contributed by atoms with E-state index in [-0.39, 0.29) is 23.4 Å². The molecule has 1 aromatic carbocycles. The molecule has 0 atom stereocenters. The quantitative estimate of drug-likeness (QED) is 0.667. The monoisotopic (exact) mass is 412 g/mol. The largest absolute Gasteiger partial charge is 0.459 e. The lowest BCUT2D eigenvalue weighted by atomic mass is 9.49. The predicted octanol–water partition coefficient (Wildman–Crippen LogP) is 5.41. The normalized spacial score (nSPS) is 30.1. The van der Waals surface area contributed by atoms with Crippen molar-refractivity contribution in [1.29, 1.82) is 0 Å². The fourth-order valence-electron chi connectivity index (χ4n) is 6.40. The molecule has 4 saturated carbocycles. The molecule has 154 valence electrons. The fraction of sp³-hybridized carbons (Fsp3) is 0.609. The maximum Gasteiger partial charge on any atom is 0.338 e. The van der Waals surface area contributed by atoms with Crippen LogP contribution in [0.3, 0.4) is 0 Å². The lowest BCUT2D eigenvalue weighted by Gasteiger charge is -2.56. The standard InChI is InChI=1S/C23H28N2O3S/c1-13(2)28-21(27)17-3-4-18-19(8-17)29-22(24-18)25-20(26)12-23-9-14-5-15(10-23)7-16(6-14)11-23/h3-4,8,13-16H,5-7,9-12H2,1-2H3,(H,24,25,26). The van der Waals surface area contributed by atoms with E-state index in [0.29, 0.717) is 17.1 Å². The molecule has 1 heterocycles. The number of hydrogen-bond acceptors (Lipinski definition) is 5. The first kappa shape index (κ1) is 19.0. The van der Waals surface area contributed by atoms with E-state index in [4.69, 9.17) is 4.74 Å². The molecule has 1 N–H and O–H groups in total. The second kappa shape index (κ2) is 7.08. The third kappa shape index (κ3) is 3.79. The first-order valence-electron chi connectivity index (χ1n) is 10.8. The number of ether oxygens (including phenoxy) is 1. The SMILES string of the molecule is CC(C)OC(=O)c1ccc2nc(NC(=O)CC34CC5CC(CC(C5)C3)C4)sc2c1. The number of carbonyl (C=O) groups is 2. The Balaban J connectivity index is 1.28. The lowest BCUT2D eigenvalue weighted by Crippen LogP contribution is -2.47. The van der Waals surface area contributed by atoms with Crippen LogP contribution in [0.5, 0.6) is 0 Å². The molecule has 6 heteroatoms. The number of thiazole rings is 1. The van der Waals surface area contributed by atoms with E-state index in [2.05, 4.69) is 10.3 Å². The molecule has 29 heavy (non-hydrogen) atoms. The van der Waals surface area contributed by atoms with Crippen LogP contribution in [0.2, 0.25) is 0 Å². The second-order valence-corrected chi connectivity index (χ2v) is 10.8. The first-order valence-corrected chi connectivity index (χ1v) is 11.6. The summed E-state index contributed by atoms with van der Waals surface area (Å²) in [6.07, 6.45) is 8.33. The number of carbonyl (C=O) groups excluding carboxylic acids is 2. The zero-order valence-electron chi connectivity index (χ0n) is 17.1. The summed E-state index contributed by atoms with van der Waals surface area (Å²) in [6.45, 7) is 3.67. The summed E-state index contributed by atoms with van der Waals surface area (Å²) >= 11 is 1.42. The van der Waals surface area contributed by atoms with Gasteiger partial charge >= 0.3 is 5.97 Å². The van der Waals surface area contributed by atoms with Gasteiger partial charge in [-0.2, -0.15) is 0 Å². The molecule has 1 amide bonds. The molecule has 0 aliphatic heterocycles. The molecule has 2 aromatic rings. The summed E-state index contributed by atoms with van der Waals surface area (Å²) in [7, 11) is 0. The van der Waals surface area contributed by atoms with Crippen molar-refractivity contribution in [2.45, 2.75) is 64.9 Å². The molecular weight excluding hydrogens is 384 g/mol. The van der Waals surface area contributed by atoms with E-state index in [0.717, 1.165) is 28.0 Å². The average Bonchev–Trinajstić information content (AvgIpc) is 3.00. The molecule has 5 nitrogen and oxygen atoms in total. The second-order valence-electron chi connectivity index (χ2n) is 9.80. The molecule has 4 aliphatic rings. The fourth-order valence-corrected chi connectivity index (χ4v) is 7.32. The van der Waals surface area contributed by atoms with Crippen LogP contribution < -0.4 is 5.32 Å². The summed E-state index contributed by atoms with van der Waals surface area (Å²) in [6, 6.07) is 5.34. The molecule has 4 aliphatic carbocycles. The van der Waals surface area contributed by atoms with Crippen molar-refractivity contribution < 1.29 is 14.3 Å². The van der Waals surface area contributed by atoms with Crippen LogP contribution in [0.25, 0.3) is 10.2 Å². The Morgan fingerprint density at radius 2 is 1.83 bits per heavy atom. The molecule has 0 unspecified atom stereocenters. The van der Waals surface area contributed by atoms with Gasteiger partial charge in [0.25, 0.3) is 0 Å². The summed E-state index contributed by atoms with van der Waals surface area (Å²) in [4.78, 5) is 29.5. The lowest BCUT2D eigenvalue weighted by molar-refractivity contribution is -0.124. The van der Waals surface area contributed by atoms with Crippen LogP contribution >= 0.6 is 11.3 Å². The minimum atomic E-state index is -0.331. The molecule has 0 saturated heterocycles. The van der Waals surface area contributed by atoms with Crippen LogP contribution in [-0.2, 0) is 9.53 Å². The van der Waals surface area contributed by atoms with Gasteiger partial charge in [0.05, 0.1) is 21.9 Å². The van der Waals surface area contributed by atoms with E-state index in [1.54, 1.807) is 12.1 Å². The summed E-state index contributed by atoms with van der Waals surface area (Å²) < 4.78 is 6.15. The Morgan fingerprint density at radius 1 is 1.17 bits per heavy atom. The zero-order valence-corrected chi connectivity index (χ0v) is 17.9. The highest BCUT2D eigenvalue weighted by Crippen LogP contribution is 2.61. The number of benzene rings is 1. The van der Waals surface area contributed by atoms with E-state index in [9.17, 15) is 9.59 Å². The maximum absolute atomic E-state index is 12.9. The summed E-state index contributed by atoms with van der Waals surface area (Å²) in [5.74, 6) is 2.30. The third-order valence-corrected chi connectivity index (χ3v) is 7.85. The topological polar surface area (TPSA) is 68.3 Å². The number of fused-ring (bicyclic) bond motifs is 1. The van der Waals surface area contributed by atoms with Gasteiger partial charge < -0.3 is 10.1 Å². The Morgan fingerprint density at radius 3 is 2.45 bits per heavy atom. The van der Waals surface area contributed by atoms with Gasteiger partial charge in [0.2, 0.25) is 5.91 Å². The predicted molar refractivity (Wildman–Crippen MR) is 114 cm³/mol. The number of anilines is 1. The Labute approximate surface area is 175 Å². The van der Waals surface area contributed by atoms with E-state index in [1.165, 1.54) is 49.9 Å². The number of amides is 1. The molecule has 6 rings (SSSR count). The molecule has 4 fully saturated rings. The highest BCUT2D eigenvalue weighted by Gasteiger charge is 2.51. The number of hydrogen-bond donors (Lipinski definition) is 1. The van der Waals surface area contributed by atoms with E-state index >= 15 is 0 Å². The molecule has 0 radical (unpaired) electrons. The first-order chi connectivity index (χ1) is 13.9. The third-order valence-electron chi connectivity index (χ3n) is 6.91. The molecular formula is C23H28N2O3S. The van der Waals surface area contributed by atoms with Gasteiger partial charge in [-0.15, -0.1) is 0 Å². The van der Waals surface area contributed by atoms with E-state index in [1.807, 2.05) is 19.9 Å². The van der Waals surface area contributed by atoms with Crippen LogP contribution in [-0.4, -0.2) is 23.0 Å². The van der Waals surface area contributed by atoms with Crippen LogP contribution in [0, 0.1) is 23.2 Å². The van der Waals surface area contributed by atoms with Gasteiger partial charge in [-0.05, 0) is 93.7 Å². The number of nitrogens with zero attached hydrogens (tertiary/aromatic N) is 1. The average molecular weight is 413 g/mol.